The van der Waals surface area contributed by atoms with Gasteiger partial charge in [0.1, 0.15) is 5.75 Å². The van der Waals surface area contributed by atoms with Gasteiger partial charge in [-0.15, -0.1) is 0 Å². The number of likely N-dealkylation sites (tertiary alicyclic amines) is 1. The summed E-state index contributed by atoms with van der Waals surface area (Å²) in [6.45, 7) is 4.97. The molecule has 208 valence electrons. The number of ether oxygens (including phenoxy) is 2. The predicted octanol–water partition coefficient (Wildman–Crippen LogP) is 5.20. The number of amides is 2. The number of hydrogen-bond acceptors (Lipinski definition) is 5. The Kier molecular flexibility index (Phi) is 8.40. The second-order valence-corrected chi connectivity index (χ2v) is 10.1. The number of nitrogens with zero attached hydrogens (tertiary/aromatic N) is 3. The average Bonchev–Trinajstić information content (AvgIpc) is 3.38. The molecule has 1 aromatic heterocycles. The Morgan fingerprint density at radius 3 is 2.52 bits per heavy atom. The summed E-state index contributed by atoms with van der Waals surface area (Å²) in [6, 6.07) is 16.7. The standard InChI is InChI=1S/C31H33FN4O4/c1-21-25(30(37)33-15-18-39-2)11-12-28-26(21)20-36(34-28)19-22-13-16-35(17-14-22)31(38)23-7-9-24(10-8-23)40-29-6-4-3-5-27(29)32/h3-12,20,22H,13-19H2,1-2H3,(H,33,37). The lowest BCUT2D eigenvalue weighted by molar-refractivity contribution is 0.0681. The van der Waals surface area contributed by atoms with Crippen LogP contribution >= 0.6 is 0 Å². The fourth-order valence-electron chi connectivity index (χ4n) is 5.07. The van der Waals surface area contributed by atoms with E-state index in [1.165, 1.54) is 6.07 Å². The van der Waals surface area contributed by atoms with Gasteiger partial charge in [-0.25, -0.2) is 4.39 Å². The van der Waals surface area contributed by atoms with Crippen molar-refractivity contribution < 1.29 is 23.5 Å². The van der Waals surface area contributed by atoms with Gasteiger partial charge in [0, 0.05) is 56.0 Å². The number of hydrogen-bond donors (Lipinski definition) is 1. The number of piperidine rings is 1. The third-order valence-electron chi connectivity index (χ3n) is 7.36. The molecule has 0 unspecified atom stereocenters. The third kappa shape index (κ3) is 6.15. The molecule has 0 bridgehead atoms. The van der Waals surface area contributed by atoms with Crippen LogP contribution < -0.4 is 10.1 Å². The minimum absolute atomic E-state index is 0.0207. The fourth-order valence-corrected chi connectivity index (χ4v) is 5.07. The second-order valence-electron chi connectivity index (χ2n) is 10.1. The molecule has 1 aliphatic rings. The van der Waals surface area contributed by atoms with Crippen molar-refractivity contribution in [2.75, 3.05) is 33.4 Å². The van der Waals surface area contributed by atoms with Crippen LogP contribution in [-0.2, 0) is 11.3 Å². The number of carbonyl (C=O) groups is 2. The molecule has 0 saturated carbocycles. The molecule has 3 aromatic carbocycles. The second kappa shape index (κ2) is 12.3. The molecule has 0 atom stereocenters. The molecule has 9 heteroatoms. The van der Waals surface area contributed by atoms with Crippen molar-refractivity contribution in [3.8, 4) is 11.5 Å². The Bertz CT molecular complexity index is 1490. The first-order valence-electron chi connectivity index (χ1n) is 13.5. The van der Waals surface area contributed by atoms with Gasteiger partial charge in [-0.2, -0.15) is 5.10 Å². The molecular weight excluding hydrogens is 511 g/mol. The number of benzene rings is 3. The first-order chi connectivity index (χ1) is 19.4. The van der Waals surface area contributed by atoms with Crippen LogP contribution in [0.3, 0.4) is 0 Å². The molecule has 1 fully saturated rings. The summed E-state index contributed by atoms with van der Waals surface area (Å²) in [4.78, 5) is 27.5. The zero-order chi connectivity index (χ0) is 28.1. The van der Waals surface area contributed by atoms with Gasteiger partial charge < -0.3 is 19.7 Å². The van der Waals surface area contributed by atoms with E-state index < -0.39 is 5.82 Å². The smallest absolute Gasteiger partial charge is 0.253 e. The monoisotopic (exact) mass is 544 g/mol. The maximum Gasteiger partial charge on any atom is 0.253 e. The lowest BCUT2D eigenvalue weighted by Gasteiger charge is -2.32. The molecule has 1 aliphatic heterocycles. The van der Waals surface area contributed by atoms with Crippen LogP contribution in [0.5, 0.6) is 11.5 Å². The molecule has 5 rings (SSSR count). The quantitative estimate of drug-likeness (QED) is 0.293. The van der Waals surface area contributed by atoms with Crippen LogP contribution in [0.2, 0.25) is 0 Å². The van der Waals surface area contributed by atoms with E-state index in [9.17, 15) is 14.0 Å². The Balaban J connectivity index is 1.16. The number of rotatable bonds is 9. The van der Waals surface area contributed by atoms with Gasteiger partial charge >= 0.3 is 0 Å². The van der Waals surface area contributed by atoms with Crippen molar-refractivity contribution in [3.05, 3.63) is 89.4 Å². The maximum atomic E-state index is 13.9. The zero-order valence-corrected chi connectivity index (χ0v) is 22.7. The summed E-state index contributed by atoms with van der Waals surface area (Å²) < 4.78 is 26.4. The highest BCUT2D eigenvalue weighted by atomic mass is 19.1. The number of methoxy groups -OCH3 is 1. The summed E-state index contributed by atoms with van der Waals surface area (Å²) in [5.41, 5.74) is 2.99. The number of carbonyl (C=O) groups excluding carboxylic acids is 2. The van der Waals surface area contributed by atoms with Gasteiger partial charge in [-0.1, -0.05) is 12.1 Å². The molecule has 2 amide bonds. The fraction of sp³-hybridized carbons (Fsp3) is 0.323. The van der Waals surface area contributed by atoms with E-state index in [2.05, 4.69) is 5.32 Å². The molecule has 1 N–H and O–H groups in total. The highest BCUT2D eigenvalue weighted by molar-refractivity contribution is 6.00. The number of aryl methyl sites for hydroxylation is 1. The minimum Gasteiger partial charge on any atom is -0.454 e. The molecule has 8 nitrogen and oxygen atoms in total. The summed E-state index contributed by atoms with van der Waals surface area (Å²) in [7, 11) is 1.60. The maximum absolute atomic E-state index is 13.9. The highest BCUT2D eigenvalue weighted by Gasteiger charge is 2.24. The molecule has 2 heterocycles. The number of fused-ring (bicyclic) bond motifs is 1. The van der Waals surface area contributed by atoms with Gasteiger partial charge in [0.25, 0.3) is 11.8 Å². The topological polar surface area (TPSA) is 85.7 Å². The first kappa shape index (κ1) is 27.3. The van der Waals surface area contributed by atoms with Crippen molar-refractivity contribution in [3.63, 3.8) is 0 Å². The Hall–Kier alpha value is -4.24. The Morgan fingerprint density at radius 2 is 1.80 bits per heavy atom. The molecule has 1 saturated heterocycles. The third-order valence-corrected chi connectivity index (χ3v) is 7.36. The molecule has 0 aliphatic carbocycles. The van der Waals surface area contributed by atoms with E-state index in [4.69, 9.17) is 14.6 Å². The first-order valence-corrected chi connectivity index (χ1v) is 13.5. The lowest BCUT2D eigenvalue weighted by Crippen LogP contribution is -2.39. The van der Waals surface area contributed by atoms with Gasteiger partial charge in [0.15, 0.2) is 11.6 Å². The number of aromatic nitrogens is 2. The van der Waals surface area contributed by atoms with Crippen LogP contribution in [0.1, 0.15) is 39.1 Å². The van der Waals surface area contributed by atoms with E-state index in [0.29, 0.717) is 49.0 Å². The van der Waals surface area contributed by atoms with Crippen LogP contribution in [0.25, 0.3) is 10.9 Å². The summed E-state index contributed by atoms with van der Waals surface area (Å²) in [5, 5.41) is 8.58. The van der Waals surface area contributed by atoms with E-state index in [1.807, 2.05) is 34.8 Å². The molecule has 0 spiro atoms. The van der Waals surface area contributed by atoms with Crippen molar-refractivity contribution in [1.82, 2.24) is 20.0 Å². The van der Waals surface area contributed by atoms with Crippen molar-refractivity contribution >= 4 is 22.7 Å². The van der Waals surface area contributed by atoms with Crippen LogP contribution in [-0.4, -0.2) is 59.8 Å². The average molecular weight is 545 g/mol. The summed E-state index contributed by atoms with van der Waals surface area (Å²) >= 11 is 0. The normalized spacial score (nSPS) is 13.9. The zero-order valence-electron chi connectivity index (χ0n) is 22.7. The van der Waals surface area contributed by atoms with Crippen LogP contribution in [0.4, 0.5) is 4.39 Å². The Labute approximate surface area is 232 Å². The molecular formula is C31H33FN4O4. The minimum atomic E-state index is -0.435. The van der Waals surface area contributed by atoms with Crippen LogP contribution in [0.15, 0.2) is 66.9 Å². The number of halogens is 1. The predicted molar refractivity (Wildman–Crippen MR) is 150 cm³/mol. The SMILES string of the molecule is COCCNC(=O)c1ccc2nn(CC3CCN(C(=O)c4ccc(Oc5ccccc5F)cc4)CC3)cc2c1C. The van der Waals surface area contributed by atoms with Gasteiger partial charge in [-0.3, -0.25) is 14.3 Å². The van der Waals surface area contributed by atoms with Crippen molar-refractivity contribution in [2.24, 2.45) is 5.92 Å². The largest absolute Gasteiger partial charge is 0.454 e. The summed E-state index contributed by atoms with van der Waals surface area (Å²) in [6.07, 6.45) is 3.77. The van der Waals surface area contributed by atoms with Crippen molar-refractivity contribution in [2.45, 2.75) is 26.3 Å². The van der Waals surface area contributed by atoms with E-state index in [1.54, 1.807) is 49.6 Å². The van der Waals surface area contributed by atoms with E-state index in [-0.39, 0.29) is 17.6 Å². The van der Waals surface area contributed by atoms with E-state index in [0.717, 1.165) is 35.9 Å². The van der Waals surface area contributed by atoms with Gasteiger partial charge in [0.2, 0.25) is 0 Å². The van der Waals surface area contributed by atoms with Gasteiger partial charge in [-0.05, 0) is 79.8 Å². The van der Waals surface area contributed by atoms with E-state index >= 15 is 0 Å². The molecule has 0 radical (unpaired) electrons. The number of nitrogens with one attached hydrogen (secondary N) is 1. The molecule has 40 heavy (non-hydrogen) atoms. The molecule has 4 aromatic rings. The highest BCUT2D eigenvalue weighted by Crippen LogP contribution is 2.27. The number of para-hydroxylation sites is 1. The lowest BCUT2D eigenvalue weighted by atomic mass is 9.96. The van der Waals surface area contributed by atoms with Gasteiger partial charge in [0.05, 0.1) is 12.1 Å². The summed E-state index contributed by atoms with van der Waals surface area (Å²) in [5.74, 6) is 0.441. The van der Waals surface area contributed by atoms with Crippen molar-refractivity contribution in [1.29, 1.82) is 0 Å². The van der Waals surface area contributed by atoms with Crippen LogP contribution in [0, 0.1) is 18.7 Å². The Morgan fingerprint density at radius 1 is 1.05 bits per heavy atom.